The van der Waals surface area contributed by atoms with E-state index in [4.69, 9.17) is 4.74 Å². The Morgan fingerprint density at radius 1 is 1.25 bits per heavy atom. The minimum atomic E-state index is -0.804. The molecule has 0 aliphatic heterocycles. The normalized spacial score (nSPS) is 15.1. The molecule has 0 heterocycles. The average Bonchev–Trinajstić information content (AvgIpc) is 2.26. The van der Waals surface area contributed by atoms with E-state index in [1.54, 1.807) is 13.0 Å². The Morgan fingerprint density at radius 2 is 1.75 bits per heavy atom. The number of carbonyl (C=O) groups excluding carboxylic acids is 1. The van der Waals surface area contributed by atoms with Crippen LogP contribution in [0.25, 0.3) is 0 Å². The third-order valence-corrected chi connectivity index (χ3v) is 3.39. The molecule has 0 aromatic rings. The van der Waals surface area contributed by atoms with Crippen molar-refractivity contribution < 1.29 is 14.6 Å². The standard InChI is InChI=1S/C17H30O3/c1-9-20-15(19)13(14(18)17(6,7)8)11-10-12(2)16(3,4)5/h11,13-14,18H,9H2,1-8H3/t10?,13-,14+/m0/s1. The van der Waals surface area contributed by atoms with Gasteiger partial charge in [0, 0.05) is 0 Å². The summed E-state index contributed by atoms with van der Waals surface area (Å²) >= 11 is 0. The second-order valence-corrected chi connectivity index (χ2v) is 7.27. The quantitative estimate of drug-likeness (QED) is 0.631. The van der Waals surface area contributed by atoms with Crippen molar-refractivity contribution in [3.63, 3.8) is 0 Å². The molecule has 0 amide bonds. The topological polar surface area (TPSA) is 46.5 Å². The Labute approximate surface area is 123 Å². The Kier molecular flexibility index (Phi) is 6.73. The monoisotopic (exact) mass is 282 g/mol. The zero-order valence-electron chi connectivity index (χ0n) is 14.2. The van der Waals surface area contributed by atoms with Gasteiger partial charge in [0.15, 0.2) is 0 Å². The lowest BCUT2D eigenvalue weighted by molar-refractivity contribution is -0.152. The van der Waals surface area contributed by atoms with Gasteiger partial charge in [-0.15, -0.1) is 5.73 Å². The van der Waals surface area contributed by atoms with E-state index in [-0.39, 0.29) is 5.41 Å². The van der Waals surface area contributed by atoms with Gasteiger partial charge in [-0.3, -0.25) is 4.79 Å². The molecule has 2 atom stereocenters. The van der Waals surface area contributed by atoms with Crippen LogP contribution in [0.5, 0.6) is 0 Å². The molecule has 116 valence electrons. The first-order chi connectivity index (χ1) is 8.91. The number of rotatable bonds is 4. The zero-order valence-corrected chi connectivity index (χ0v) is 14.2. The molecule has 0 saturated heterocycles. The van der Waals surface area contributed by atoms with E-state index in [2.05, 4.69) is 26.5 Å². The Bertz CT molecular complexity index is 387. The van der Waals surface area contributed by atoms with Gasteiger partial charge in [0.2, 0.25) is 0 Å². The molecule has 0 unspecified atom stereocenters. The molecular formula is C17H30O3. The maximum Gasteiger partial charge on any atom is 0.316 e. The highest BCUT2D eigenvalue weighted by atomic mass is 16.5. The highest BCUT2D eigenvalue weighted by Crippen LogP contribution is 2.28. The molecular weight excluding hydrogens is 252 g/mol. The van der Waals surface area contributed by atoms with Crippen molar-refractivity contribution in [1.82, 2.24) is 0 Å². The summed E-state index contributed by atoms with van der Waals surface area (Å²) in [4.78, 5) is 12.0. The predicted molar refractivity (Wildman–Crippen MR) is 82.3 cm³/mol. The molecule has 1 N–H and O–H groups in total. The number of aliphatic hydroxyl groups is 1. The number of hydrogen-bond acceptors (Lipinski definition) is 3. The number of ether oxygens (including phenoxy) is 1. The second kappa shape index (κ2) is 7.10. The van der Waals surface area contributed by atoms with E-state index >= 15 is 0 Å². The van der Waals surface area contributed by atoms with Crippen molar-refractivity contribution in [2.75, 3.05) is 6.61 Å². The largest absolute Gasteiger partial charge is 0.465 e. The van der Waals surface area contributed by atoms with Crippen molar-refractivity contribution in [2.45, 2.75) is 61.5 Å². The van der Waals surface area contributed by atoms with E-state index in [1.807, 2.05) is 27.7 Å². The lowest BCUT2D eigenvalue weighted by atomic mass is 9.80. The molecule has 0 rings (SSSR count). The van der Waals surface area contributed by atoms with Gasteiger partial charge in [-0.2, -0.15) is 0 Å². The molecule has 20 heavy (non-hydrogen) atoms. The van der Waals surface area contributed by atoms with Gasteiger partial charge in [-0.05, 0) is 36.3 Å². The fraction of sp³-hybridized carbons (Fsp3) is 0.765. The third kappa shape index (κ3) is 5.94. The molecule has 0 aliphatic carbocycles. The van der Waals surface area contributed by atoms with E-state index in [1.165, 1.54) is 0 Å². The van der Waals surface area contributed by atoms with Crippen LogP contribution in [-0.2, 0) is 9.53 Å². The first kappa shape index (κ1) is 18.9. The van der Waals surface area contributed by atoms with Crippen LogP contribution in [0.2, 0.25) is 0 Å². The second-order valence-electron chi connectivity index (χ2n) is 7.27. The van der Waals surface area contributed by atoms with E-state index in [0.29, 0.717) is 6.61 Å². The number of carbonyl (C=O) groups is 1. The van der Waals surface area contributed by atoms with Gasteiger partial charge in [0.1, 0.15) is 5.92 Å². The summed E-state index contributed by atoms with van der Waals surface area (Å²) in [5, 5.41) is 10.4. The molecule has 0 spiro atoms. The molecule has 0 saturated carbocycles. The van der Waals surface area contributed by atoms with Crippen LogP contribution in [0.1, 0.15) is 55.4 Å². The molecule has 3 nitrogen and oxygen atoms in total. The Morgan fingerprint density at radius 3 is 2.10 bits per heavy atom. The average molecular weight is 282 g/mol. The summed E-state index contributed by atoms with van der Waals surface area (Å²) in [7, 11) is 0. The summed E-state index contributed by atoms with van der Waals surface area (Å²) in [6.45, 7) is 16.0. The molecule has 0 radical (unpaired) electrons. The molecule has 0 bridgehead atoms. The van der Waals surface area contributed by atoms with Gasteiger partial charge in [-0.25, -0.2) is 0 Å². The lowest BCUT2D eigenvalue weighted by Crippen LogP contribution is -2.38. The van der Waals surface area contributed by atoms with Crippen LogP contribution >= 0.6 is 0 Å². The highest BCUT2D eigenvalue weighted by molar-refractivity contribution is 5.75. The smallest absolute Gasteiger partial charge is 0.316 e. The van der Waals surface area contributed by atoms with E-state index in [0.717, 1.165) is 5.57 Å². The van der Waals surface area contributed by atoms with E-state index < -0.39 is 23.4 Å². The minimum Gasteiger partial charge on any atom is -0.465 e. The molecule has 0 fully saturated rings. The summed E-state index contributed by atoms with van der Waals surface area (Å²) in [5.74, 6) is -1.09. The highest BCUT2D eigenvalue weighted by Gasteiger charge is 2.34. The van der Waals surface area contributed by atoms with Crippen LogP contribution < -0.4 is 0 Å². The summed E-state index contributed by atoms with van der Waals surface area (Å²) in [6.07, 6.45) is 0.843. The number of aliphatic hydroxyl groups excluding tert-OH is 1. The van der Waals surface area contributed by atoms with Crippen LogP contribution in [0.15, 0.2) is 17.4 Å². The van der Waals surface area contributed by atoms with Gasteiger partial charge >= 0.3 is 5.97 Å². The van der Waals surface area contributed by atoms with Gasteiger partial charge in [0.25, 0.3) is 0 Å². The SMILES string of the molecule is CCOC(=O)[C@@H](C=C=C(C)C(C)(C)C)[C@@H](O)C(C)(C)C. The zero-order chi connectivity index (χ0) is 16.1. The summed E-state index contributed by atoms with van der Waals surface area (Å²) in [5.41, 5.74) is 3.77. The fourth-order valence-corrected chi connectivity index (χ4v) is 1.50. The fourth-order valence-electron chi connectivity index (χ4n) is 1.50. The van der Waals surface area contributed by atoms with Crippen LogP contribution in [0.4, 0.5) is 0 Å². The van der Waals surface area contributed by atoms with Crippen molar-refractivity contribution in [3.8, 4) is 0 Å². The van der Waals surface area contributed by atoms with Crippen molar-refractivity contribution in [2.24, 2.45) is 16.7 Å². The number of esters is 1. The van der Waals surface area contributed by atoms with E-state index in [9.17, 15) is 9.90 Å². The molecule has 0 aromatic carbocycles. The molecule has 3 heteroatoms. The van der Waals surface area contributed by atoms with Crippen molar-refractivity contribution in [3.05, 3.63) is 17.4 Å². The van der Waals surface area contributed by atoms with Crippen molar-refractivity contribution >= 4 is 5.97 Å². The minimum absolute atomic E-state index is 0.0115. The Hall–Kier alpha value is -1.05. The van der Waals surface area contributed by atoms with Gasteiger partial charge < -0.3 is 9.84 Å². The maximum atomic E-state index is 12.0. The van der Waals surface area contributed by atoms with Crippen LogP contribution in [-0.4, -0.2) is 23.8 Å². The summed E-state index contributed by atoms with van der Waals surface area (Å²) in [6, 6.07) is 0. The Balaban J connectivity index is 5.47. The molecule has 0 aromatic heterocycles. The first-order valence-electron chi connectivity index (χ1n) is 7.19. The number of hydrogen-bond donors (Lipinski definition) is 1. The van der Waals surface area contributed by atoms with Gasteiger partial charge in [0.05, 0.1) is 12.7 Å². The van der Waals surface area contributed by atoms with Crippen molar-refractivity contribution in [1.29, 1.82) is 0 Å². The predicted octanol–water partition coefficient (Wildman–Crippen LogP) is 3.72. The molecule has 0 aliphatic rings. The van der Waals surface area contributed by atoms with Crippen LogP contribution in [0.3, 0.4) is 0 Å². The lowest BCUT2D eigenvalue weighted by Gasteiger charge is -2.29. The maximum absolute atomic E-state index is 12.0. The first-order valence-corrected chi connectivity index (χ1v) is 7.19. The van der Waals surface area contributed by atoms with Crippen LogP contribution in [0, 0.1) is 16.7 Å². The van der Waals surface area contributed by atoms with Gasteiger partial charge in [-0.1, -0.05) is 41.5 Å². The summed E-state index contributed by atoms with van der Waals surface area (Å²) < 4.78 is 5.06. The third-order valence-electron chi connectivity index (χ3n) is 3.39.